The van der Waals surface area contributed by atoms with Crippen molar-refractivity contribution in [2.24, 2.45) is 5.41 Å². The Morgan fingerprint density at radius 1 is 1.09 bits per heavy atom. The molecule has 1 aromatic rings. The summed E-state index contributed by atoms with van der Waals surface area (Å²) in [5, 5.41) is 15.7. The molecule has 4 heteroatoms. The molecule has 2 atom stereocenters. The fraction of sp³-hybridized carbons (Fsp3) is 0.611. The van der Waals surface area contributed by atoms with E-state index in [2.05, 4.69) is 31.4 Å². The van der Waals surface area contributed by atoms with Crippen molar-refractivity contribution >= 4 is 5.91 Å². The van der Waals surface area contributed by atoms with Gasteiger partial charge in [-0.25, -0.2) is 0 Å². The molecule has 2 unspecified atom stereocenters. The molecule has 0 spiro atoms. The highest BCUT2D eigenvalue weighted by Crippen LogP contribution is 2.29. The number of carbonyl (C=O) groups excluding carboxylic acids is 1. The summed E-state index contributed by atoms with van der Waals surface area (Å²) in [5.41, 5.74) is 0.615. The van der Waals surface area contributed by atoms with Gasteiger partial charge in [-0.05, 0) is 37.1 Å². The molecule has 0 aliphatic heterocycles. The zero-order valence-electron chi connectivity index (χ0n) is 14.8. The van der Waals surface area contributed by atoms with Crippen LogP contribution in [0.5, 0.6) is 5.75 Å². The van der Waals surface area contributed by atoms with Crippen molar-refractivity contribution in [2.45, 2.75) is 59.0 Å². The maximum Gasteiger partial charge on any atom is 0.238 e. The van der Waals surface area contributed by atoms with E-state index in [0.29, 0.717) is 0 Å². The Morgan fingerprint density at radius 2 is 1.59 bits per heavy atom. The first-order valence-corrected chi connectivity index (χ1v) is 7.77. The normalized spacial score (nSPS) is 15.2. The van der Waals surface area contributed by atoms with Crippen LogP contribution in [0.2, 0.25) is 0 Å². The molecule has 3 N–H and O–H groups in total. The summed E-state index contributed by atoms with van der Waals surface area (Å²) in [6.07, 6.45) is 0. The van der Waals surface area contributed by atoms with Crippen molar-refractivity contribution in [1.29, 1.82) is 0 Å². The number of carbonyl (C=O) groups is 1. The van der Waals surface area contributed by atoms with Crippen LogP contribution in [-0.4, -0.2) is 30.1 Å². The lowest BCUT2D eigenvalue weighted by Crippen LogP contribution is -2.56. The van der Waals surface area contributed by atoms with Crippen molar-refractivity contribution in [2.75, 3.05) is 7.05 Å². The third-order valence-electron chi connectivity index (χ3n) is 4.54. The van der Waals surface area contributed by atoms with Crippen LogP contribution < -0.4 is 10.6 Å². The van der Waals surface area contributed by atoms with Crippen LogP contribution in [-0.2, 0) is 10.2 Å². The van der Waals surface area contributed by atoms with E-state index < -0.39 is 5.41 Å². The van der Waals surface area contributed by atoms with Crippen molar-refractivity contribution in [3.05, 3.63) is 29.8 Å². The molecule has 4 nitrogen and oxygen atoms in total. The van der Waals surface area contributed by atoms with Gasteiger partial charge in [-0.1, -0.05) is 46.8 Å². The summed E-state index contributed by atoms with van der Waals surface area (Å²) in [6.45, 7) is 12.4. The van der Waals surface area contributed by atoms with Crippen molar-refractivity contribution < 1.29 is 9.90 Å². The third-order valence-corrected chi connectivity index (χ3v) is 4.54. The Hall–Kier alpha value is -1.55. The molecule has 0 bridgehead atoms. The third kappa shape index (κ3) is 4.23. The first-order chi connectivity index (χ1) is 10.00. The molecular formula is C18H30N2O2. The fourth-order valence-corrected chi connectivity index (χ4v) is 2.39. The van der Waals surface area contributed by atoms with Crippen LogP contribution in [0.15, 0.2) is 24.3 Å². The lowest BCUT2D eigenvalue weighted by Gasteiger charge is -2.36. The van der Waals surface area contributed by atoms with Gasteiger partial charge in [-0.2, -0.15) is 0 Å². The highest BCUT2D eigenvalue weighted by molar-refractivity contribution is 5.84. The van der Waals surface area contributed by atoms with Crippen LogP contribution in [0.4, 0.5) is 0 Å². The molecular weight excluding hydrogens is 276 g/mol. The van der Waals surface area contributed by atoms with Crippen LogP contribution in [0.1, 0.15) is 47.1 Å². The van der Waals surface area contributed by atoms with E-state index in [-0.39, 0.29) is 29.2 Å². The second-order valence-corrected chi connectivity index (χ2v) is 7.59. The van der Waals surface area contributed by atoms with Gasteiger partial charge >= 0.3 is 0 Å². The largest absolute Gasteiger partial charge is 0.508 e. The summed E-state index contributed by atoms with van der Waals surface area (Å²) in [7, 11) is 1.80. The number of aromatic hydroxyl groups is 1. The van der Waals surface area contributed by atoms with Crippen molar-refractivity contribution in [3.63, 3.8) is 0 Å². The Bertz CT molecular complexity index is 501. The van der Waals surface area contributed by atoms with Crippen molar-refractivity contribution in [1.82, 2.24) is 10.6 Å². The summed E-state index contributed by atoms with van der Waals surface area (Å²) in [5.74, 6) is 0.217. The molecule has 0 saturated heterocycles. The molecule has 1 aromatic carbocycles. The van der Waals surface area contributed by atoms with Gasteiger partial charge in [0.25, 0.3) is 0 Å². The maximum atomic E-state index is 12.7. The average Bonchev–Trinajstić information content (AvgIpc) is 2.38. The Labute approximate surface area is 134 Å². The average molecular weight is 306 g/mol. The van der Waals surface area contributed by atoms with Crippen LogP contribution in [0.3, 0.4) is 0 Å². The predicted octanol–water partition coefficient (Wildman–Crippen LogP) is 2.81. The molecule has 22 heavy (non-hydrogen) atoms. The van der Waals surface area contributed by atoms with Gasteiger partial charge in [0.1, 0.15) is 5.75 Å². The van der Waals surface area contributed by atoms with Gasteiger partial charge in [0.05, 0.1) is 6.04 Å². The topological polar surface area (TPSA) is 61.4 Å². The monoisotopic (exact) mass is 306 g/mol. The first kappa shape index (κ1) is 18.5. The molecule has 0 radical (unpaired) electrons. The molecule has 0 heterocycles. The molecule has 0 aliphatic rings. The lowest BCUT2D eigenvalue weighted by molar-refractivity contribution is -0.125. The summed E-state index contributed by atoms with van der Waals surface area (Å²) in [6, 6.07) is 6.74. The number of nitrogens with one attached hydrogen (secondary N) is 2. The minimum Gasteiger partial charge on any atom is -0.508 e. The van der Waals surface area contributed by atoms with E-state index in [0.717, 1.165) is 5.56 Å². The summed E-state index contributed by atoms with van der Waals surface area (Å²) >= 11 is 0. The number of phenolic OH excluding ortho intramolecular Hbond substituents is 1. The second-order valence-electron chi connectivity index (χ2n) is 7.59. The molecule has 124 valence electrons. The van der Waals surface area contributed by atoms with Gasteiger partial charge in [0.15, 0.2) is 0 Å². The van der Waals surface area contributed by atoms with E-state index in [1.54, 1.807) is 19.2 Å². The molecule has 1 amide bonds. The molecule has 0 aliphatic carbocycles. The number of likely N-dealkylation sites (N-methyl/N-ethyl adjacent to an activating group) is 1. The first-order valence-electron chi connectivity index (χ1n) is 7.77. The fourth-order valence-electron chi connectivity index (χ4n) is 2.39. The van der Waals surface area contributed by atoms with E-state index in [1.807, 2.05) is 32.9 Å². The summed E-state index contributed by atoms with van der Waals surface area (Å²) in [4.78, 5) is 12.7. The Morgan fingerprint density at radius 3 is 2.00 bits per heavy atom. The van der Waals surface area contributed by atoms with Gasteiger partial charge in [0.2, 0.25) is 5.91 Å². The van der Waals surface area contributed by atoms with E-state index in [1.165, 1.54) is 0 Å². The highest BCUT2D eigenvalue weighted by Gasteiger charge is 2.37. The van der Waals surface area contributed by atoms with Gasteiger partial charge < -0.3 is 15.7 Å². The minimum atomic E-state index is -0.399. The number of rotatable bonds is 5. The van der Waals surface area contributed by atoms with Gasteiger partial charge in [-0.15, -0.1) is 0 Å². The van der Waals surface area contributed by atoms with E-state index in [9.17, 15) is 9.90 Å². The number of amides is 1. The number of hydrogen-bond donors (Lipinski definition) is 3. The second kappa shape index (κ2) is 6.69. The van der Waals surface area contributed by atoms with Gasteiger partial charge in [-0.3, -0.25) is 4.79 Å². The van der Waals surface area contributed by atoms with Crippen molar-refractivity contribution in [3.8, 4) is 5.75 Å². The molecule has 0 aromatic heterocycles. The zero-order valence-corrected chi connectivity index (χ0v) is 14.8. The van der Waals surface area contributed by atoms with E-state index >= 15 is 0 Å². The van der Waals surface area contributed by atoms with Crippen LogP contribution in [0, 0.1) is 5.41 Å². The smallest absolute Gasteiger partial charge is 0.238 e. The number of hydrogen-bond acceptors (Lipinski definition) is 3. The maximum absolute atomic E-state index is 12.7. The minimum absolute atomic E-state index is 0.0105. The number of benzene rings is 1. The van der Waals surface area contributed by atoms with Gasteiger partial charge in [0, 0.05) is 11.5 Å². The van der Waals surface area contributed by atoms with Crippen LogP contribution >= 0.6 is 0 Å². The highest BCUT2D eigenvalue weighted by atomic mass is 16.3. The molecule has 0 saturated carbocycles. The molecule has 1 rings (SSSR count). The molecule has 0 fully saturated rings. The number of phenols is 1. The Kier molecular flexibility index (Phi) is 5.63. The lowest BCUT2D eigenvalue weighted by atomic mass is 9.77. The predicted molar refractivity (Wildman–Crippen MR) is 91.0 cm³/mol. The standard InChI is InChI=1S/C18H30N2O2/c1-12(17(2,3)4)20-16(22)15(19-7)18(5,6)13-8-10-14(21)11-9-13/h8-12,15,19,21H,1-7H3,(H,20,22). The quantitative estimate of drug-likeness (QED) is 0.784. The summed E-state index contributed by atoms with van der Waals surface area (Å²) < 4.78 is 0. The van der Waals surface area contributed by atoms with E-state index in [4.69, 9.17) is 0 Å². The van der Waals surface area contributed by atoms with Crippen LogP contribution in [0.25, 0.3) is 0 Å². The SMILES string of the molecule is CNC(C(=O)NC(C)C(C)(C)C)C(C)(C)c1ccc(O)cc1. The zero-order chi connectivity index (χ0) is 17.1. The Balaban J connectivity index is 2.98.